The fourth-order valence-corrected chi connectivity index (χ4v) is 2.22. The van der Waals surface area contributed by atoms with Gasteiger partial charge in [0.1, 0.15) is 9.36 Å². The van der Waals surface area contributed by atoms with Gasteiger partial charge < -0.3 is 5.32 Å². The van der Waals surface area contributed by atoms with Crippen molar-refractivity contribution in [3.05, 3.63) is 44.9 Å². The fraction of sp³-hybridized carbons (Fsp3) is 0.0909. The van der Waals surface area contributed by atoms with E-state index in [4.69, 9.17) is 23.2 Å². The van der Waals surface area contributed by atoms with Gasteiger partial charge in [-0.3, -0.25) is 4.79 Å². The predicted molar refractivity (Wildman–Crippen MR) is 71.3 cm³/mol. The lowest BCUT2D eigenvalue weighted by Gasteiger charge is -2.03. The number of anilines is 1. The highest BCUT2D eigenvalue weighted by Crippen LogP contribution is 2.29. The van der Waals surface area contributed by atoms with Crippen LogP contribution in [0.1, 0.15) is 16.1 Å². The van der Waals surface area contributed by atoms with Crippen LogP contribution in [0.15, 0.2) is 24.3 Å². The topological polar surface area (TPSA) is 42.0 Å². The minimum absolute atomic E-state index is 0.155. The van der Waals surface area contributed by atoms with E-state index in [0.29, 0.717) is 10.0 Å². The molecule has 0 aliphatic heterocycles. The monoisotopic (exact) mass is 286 g/mol. The van der Waals surface area contributed by atoms with Gasteiger partial charge in [0.2, 0.25) is 0 Å². The Morgan fingerprint density at radius 1 is 1.29 bits per heavy atom. The highest BCUT2D eigenvalue weighted by molar-refractivity contribution is 7.11. The van der Waals surface area contributed by atoms with Crippen LogP contribution in [0.4, 0.5) is 5.69 Å². The van der Waals surface area contributed by atoms with E-state index in [2.05, 4.69) is 9.69 Å². The molecule has 2 rings (SSSR count). The van der Waals surface area contributed by atoms with Crippen molar-refractivity contribution in [2.45, 2.75) is 6.92 Å². The maximum absolute atomic E-state index is 11.8. The molecule has 0 bridgehead atoms. The van der Waals surface area contributed by atoms with Crippen LogP contribution in [-0.2, 0) is 0 Å². The first-order valence-electron chi connectivity index (χ1n) is 4.76. The summed E-state index contributed by atoms with van der Waals surface area (Å²) in [6.07, 6.45) is 0. The molecule has 0 fully saturated rings. The summed E-state index contributed by atoms with van der Waals surface area (Å²) in [5, 5.41) is 2.90. The molecular weight excluding hydrogens is 279 g/mol. The third-order valence-electron chi connectivity index (χ3n) is 2.12. The van der Waals surface area contributed by atoms with Gasteiger partial charge in [0.25, 0.3) is 5.91 Å². The second-order valence-corrected chi connectivity index (χ2v) is 5.19. The van der Waals surface area contributed by atoms with Crippen LogP contribution in [0.3, 0.4) is 0 Å². The van der Waals surface area contributed by atoms with Crippen LogP contribution >= 0.6 is 34.7 Å². The fourth-order valence-electron chi connectivity index (χ4n) is 1.23. The summed E-state index contributed by atoms with van der Waals surface area (Å²) in [5.41, 5.74) is 1.97. The molecule has 1 N–H and O–H groups in total. The van der Waals surface area contributed by atoms with Crippen molar-refractivity contribution in [2.75, 3.05) is 5.32 Å². The first kappa shape index (κ1) is 12.4. The third-order valence-corrected chi connectivity index (χ3v) is 3.73. The lowest BCUT2D eigenvalue weighted by molar-refractivity contribution is 0.102. The Balaban J connectivity index is 2.17. The number of aryl methyl sites for hydroxylation is 1. The highest BCUT2D eigenvalue weighted by Gasteiger charge is 2.17. The van der Waals surface area contributed by atoms with Gasteiger partial charge in [0.15, 0.2) is 5.69 Å². The molecule has 88 valence electrons. The molecule has 1 amide bonds. The number of aromatic nitrogens is 1. The van der Waals surface area contributed by atoms with E-state index in [1.54, 1.807) is 0 Å². The molecule has 0 spiro atoms. The predicted octanol–water partition coefficient (Wildman–Crippen LogP) is 4.01. The van der Waals surface area contributed by atoms with Gasteiger partial charge in [-0.05, 0) is 30.6 Å². The van der Waals surface area contributed by atoms with E-state index >= 15 is 0 Å². The van der Waals surface area contributed by atoms with Crippen LogP contribution in [0.25, 0.3) is 0 Å². The van der Waals surface area contributed by atoms with Gasteiger partial charge >= 0.3 is 0 Å². The Labute approximate surface area is 113 Å². The van der Waals surface area contributed by atoms with Crippen molar-refractivity contribution in [1.82, 2.24) is 4.37 Å². The lowest BCUT2D eigenvalue weighted by atomic mass is 10.2. The molecule has 0 saturated heterocycles. The van der Waals surface area contributed by atoms with E-state index in [1.165, 1.54) is 0 Å². The van der Waals surface area contributed by atoms with Crippen molar-refractivity contribution >= 4 is 46.3 Å². The number of hydrogen-bond acceptors (Lipinski definition) is 3. The molecule has 0 radical (unpaired) electrons. The molecule has 2 aromatic rings. The minimum Gasteiger partial charge on any atom is -0.321 e. The molecule has 0 aliphatic rings. The van der Waals surface area contributed by atoms with Crippen molar-refractivity contribution < 1.29 is 4.79 Å². The normalized spacial score (nSPS) is 10.3. The largest absolute Gasteiger partial charge is 0.321 e. The number of halogens is 2. The summed E-state index contributed by atoms with van der Waals surface area (Å²) in [4.78, 5) is 11.8. The van der Waals surface area contributed by atoms with Crippen molar-refractivity contribution in [3.8, 4) is 0 Å². The first-order chi connectivity index (χ1) is 8.08. The molecule has 1 heterocycles. The molecule has 0 unspecified atom stereocenters. The van der Waals surface area contributed by atoms with E-state index < -0.39 is 0 Å². The molecule has 6 heteroatoms. The second kappa shape index (κ2) is 5.04. The van der Waals surface area contributed by atoms with Gasteiger partial charge in [-0.1, -0.05) is 40.9 Å². The summed E-state index contributed by atoms with van der Waals surface area (Å²) in [6.45, 7) is 1.97. The summed E-state index contributed by atoms with van der Waals surface area (Å²) in [5.74, 6) is -0.359. The Hall–Kier alpha value is -1.10. The van der Waals surface area contributed by atoms with E-state index in [1.807, 2.05) is 31.2 Å². The van der Waals surface area contributed by atoms with Crippen molar-refractivity contribution in [3.63, 3.8) is 0 Å². The van der Waals surface area contributed by atoms with Crippen LogP contribution in [0, 0.1) is 6.92 Å². The maximum Gasteiger partial charge on any atom is 0.276 e. The molecule has 3 nitrogen and oxygen atoms in total. The molecule has 0 saturated carbocycles. The minimum atomic E-state index is -0.359. The zero-order valence-electron chi connectivity index (χ0n) is 8.83. The molecule has 0 aliphatic carbocycles. The highest BCUT2D eigenvalue weighted by atomic mass is 35.5. The molecule has 1 aromatic carbocycles. The van der Waals surface area contributed by atoms with Crippen molar-refractivity contribution in [1.29, 1.82) is 0 Å². The van der Waals surface area contributed by atoms with E-state index in [9.17, 15) is 4.79 Å². The Morgan fingerprint density at radius 3 is 2.47 bits per heavy atom. The molecule has 1 aromatic heterocycles. The average molecular weight is 287 g/mol. The number of carbonyl (C=O) groups excluding carboxylic acids is 1. The zero-order valence-corrected chi connectivity index (χ0v) is 11.2. The van der Waals surface area contributed by atoms with Crippen molar-refractivity contribution in [2.24, 2.45) is 0 Å². The number of nitrogens with zero attached hydrogens (tertiary/aromatic N) is 1. The number of hydrogen-bond donors (Lipinski definition) is 1. The summed E-state index contributed by atoms with van der Waals surface area (Å²) >= 11 is 12.6. The summed E-state index contributed by atoms with van der Waals surface area (Å²) in [6, 6.07) is 7.45. The smallest absolute Gasteiger partial charge is 0.276 e. The van der Waals surface area contributed by atoms with Crippen LogP contribution in [0.2, 0.25) is 9.36 Å². The Bertz CT molecular complexity index is 551. The lowest BCUT2D eigenvalue weighted by Crippen LogP contribution is -2.12. The van der Waals surface area contributed by atoms with Gasteiger partial charge in [0, 0.05) is 5.69 Å². The average Bonchev–Trinajstić information content (AvgIpc) is 2.63. The molecule has 0 atom stereocenters. The van der Waals surface area contributed by atoms with E-state index in [0.717, 1.165) is 17.1 Å². The number of nitrogens with one attached hydrogen (secondary N) is 1. The number of rotatable bonds is 2. The number of amides is 1. The zero-order chi connectivity index (χ0) is 12.4. The van der Waals surface area contributed by atoms with Gasteiger partial charge in [-0.2, -0.15) is 4.37 Å². The van der Waals surface area contributed by atoms with Crippen LogP contribution in [0.5, 0.6) is 0 Å². The quantitative estimate of drug-likeness (QED) is 0.906. The number of carbonyl (C=O) groups is 1. The molecular formula is C11H8Cl2N2OS. The van der Waals surface area contributed by atoms with Crippen LogP contribution < -0.4 is 5.32 Å². The third kappa shape index (κ3) is 2.77. The molecule has 17 heavy (non-hydrogen) atoms. The van der Waals surface area contributed by atoms with E-state index in [-0.39, 0.29) is 16.6 Å². The Morgan fingerprint density at radius 2 is 1.94 bits per heavy atom. The van der Waals surface area contributed by atoms with Gasteiger partial charge in [-0.25, -0.2) is 0 Å². The summed E-state index contributed by atoms with van der Waals surface area (Å²) in [7, 11) is 0. The summed E-state index contributed by atoms with van der Waals surface area (Å²) < 4.78 is 4.21. The Kier molecular flexibility index (Phi) is 3.66. The second-order valence-electron chi connectivity index (χ2n) is 3.44. The first-order valence-corrected chi connectivity index (χ1v) is 6.29. The SMILES string of the molecule is Cc1ccc(NC(=O)c2nsc(Cl)c2Cl)cc1. The maximum atomic E-state index is 11.8. The number of benzene rings is 1. The van der Waals surface area contributed by atoms with Gasteiger partial charge in [-0.15, -0.1) is 0 Å². The van der Waals surface area contributed by atoms with Gasteiger partial charge in [0.05, 0.1) is 0 Å². The van der Waals surface area contributed by atoms with Crippen LogP contribution in [-0.4, -0.2) is 10.3 Å². The standard InChI is InChI=1S/C11H8Cl2N2OS/c1-6-2-4-7(5-3-6)14-11(16)9-8(12)10(13)17-15-9/h2-5H,1H3,(H,14,16).